The summed E-state index contributed by atoms with van der Waals surface area (Å²) >= 11 is 0. The lowest BCUT2D eigenvalue weighted by molar-refractivity contribution is -0.147. The van der Waals surface area contributed by atoms with Gasteiger partial charge in [0.05, 0.1) is 24.4 Å². The smallest absolute Gasteiger partial charge is 0.307 e. The van der Waals surface area contributed by atoms with Crippen molar-refractivity contribution in [1.82, 2.24) is 5.32 Å². The highest BCUT2D eigenvalue weighted by Crippen LogP contribution is 2.48. The number of carbonyl (C=O) groups excluding carboxylic acids is 1. The summed E-state index contributed by atoms with van der Waals surface area (Å²) in [7, 11) is 0. The molecule has 2 bridgehead atoms. The maximum atomic E-state index is 12.2. The molecule has 1 heterocycles. The minimum Gasteiger partial charge on any atom is -0.481 e. The first kappa shape index (κ1) is 12.0. The van der Waals surface area contributed by atoms with E-state index in [2.05, 4.69) is 5.32 Å². The minimum atomic E-state index is -0.875. The van der Waals surface area contributed by atoms with Crippen LogP contribution in [-0.2, 0) is 16.1 Å². The van der Waals surface area contributed by atoms with E-state index in [4.69, 9.17) is 4.42 Å². The second-order valence-electron chi connectivity index (χ2n) is 5.19. The van der Waals surface area contributed by atoms with Gasteiger partial charge in [-0.3, -0.25) is 9.59 Å². The van der Waals surface area contributed by atoms with E-state index in [0.29, 0.717) is 6.54 Å². The molecule has 2 aliphatic rings. The largest absolute Gasteiger partial charge is 0.481 e. The zero-order chi connectivity index (χ0) is 13.4. The zero-order valence-corrected chi connectivity index (χ0v) is 10.3. The van der Waals surface area contributed by atoms with Gasteiger partial charge in [0.1, 0.15) is 0 Å². The van der Waals surface area contributed by atoms with E-state index >= 15 is 0 Å². The summed E-state index contributed by atoms with van der Waals surface area (Å²) in [6, 6.07) is 1.77. The Hall–Kier alpha value is -2.04. The van der Waals surface area contributed by atoms with Crippen LogP contribution in [0.2, 0.25) is 0 Å². The predicted octanol–water partition coefficient (Wildman–Crippen LogP) is 1.42. The lowest BCUT2D eigenvalue weighted by atomic mass is 9.82. The Morgan fingerprint density at radius 1 is 1.32 bits per heavy atom. The Morgan fingerprint density at radius 3 is 2.68 bits per heavy atom. The van der Waals surface area contributed by atoms with E-state index in [9.17, 15) is 14.7 Å². The van der Waals surface area contributed by atoms with Gasteiger partial charge in [-0.15, -0.1) is 0 Å². The van der Waals surface area contributed by atoms with Gasteiger partial charge in [0.15, 0.2) is 0 Å². The summed E-state index contributed by atoms with van der Waals surface area (Å²) in [5, 5.41) is 12.1. The van der Waals surface area contributed by atoms with Crippen LogP contribution in [0.1, 0.15) is 12.0 Å². The van der Waals surface area contributed by atoms with Crippen LogP contribution in [0.25, 0.3) is 0 Å². The Bertz CT molecular complexity index is 520. The quantitative estimate of drug-likeness (QED) is 0.803. The molecule has 2 N–H and O–H groups in total. The van der Waals surface area contributed by atoms with Crippen molar-refractivity contribution in [3.05, 3.63) is 36.3 Å². The Balaban J connectivity index is 1.68. The summed E-state index contributed by atoms with van der Waals surface area (Å²) in [5.74, 6) is -2.01. The summed E-state index contributed by atoms with van der Waals surface area (Å²) in [6.07, 6.45) is 7.80. The number of aliphatic carboxylic acids is 1. The molecule has 100 valence electrons. The highest BCUT2D eigenvalue weighted by molar-refractivity contribution is 5.86. The highest BCUT2D eigenvalue weighted by atomic mass is 16.4. The maximum absolute atomic E-state index is 12.2. The van der Waals surface area contributed by atoms with Crippen molar-refractivity contribution < 1.29 is 19.1 Å². The Labute approximate surface area is 110 Å². The molecule has 0 spiro atoms. The van der Waals surface area contributed by atoms with Gasteiger partial charge in [-0.05, 0) is 24.3 Å². The van der Waals surface area contributed by atoms with Gasteiger partial charge in [0.2, 0.25) is 5.91 Å². The maximum Gasteiger partial charge on any atom is 0.307 e. The number of amides is 1. The topological polar surface area (TPSA) is 79.5 Å². The summed E-state index contributed by atoms with van der Waals surface area (Å²) in [4.78, 5) is 23.5. The molecule has 1 amide bonds. The van der Waals surface area contributed by atoms with Crippen molar-refractivity contribution in [2.24, 2.45) is 23.7 Å². The number of hydrogen-bond acceptors (Lipinski definition) is 3. The van der Waals surface area contributed by atoms with Crippen LogP contribution in [0.4, 0.5) is 0 Å². The van der Waals surface area contributed by atoms with Crippen LogP contribution in [0.15, 0.2) is 35.2 Å². The van der Waals surface area contributed by atoms with E-state index in [1.54, 1.807) is 18.6 Å². The molecule has 0 radical (unpaired) electrons. The van der Waals surface area contributed by atoms with Gasteiger partial charge in [-0.2, -0.15) is 0 Å². The van der Waals surface area contributed by atoms with E-state index in [1.807, 2.05) is 12.2 Å². The molecule has 1 aromatic heterocycles. The second kappa shape index (κ2) is 4.57. The van der Waals surface area contributed by atoms with Crippen LogP contribution in [0.5, 0.6) is 0 Å². The molecule has 5 nitrogen and oxygen atoms in total. The summed E-state index contributed by atoms with van der Waals surface area (Å²) in [6.45, 7) is 0.374. The minimum absolute atomic E-state index is 0.00664. The van der Waals surface area contributed by atoms with Crippen molar-refractivity contribution >= 4 is 11.9 Å². The van der Waals surface area contributed by atoms with Gasteiger partial charge in [0, 0.05) is 12.1 Å². The first-order valence-corrected chi connectivity index (χ1v) is 6.36. The van der Waals surface area contributed by atoms with Gasteiger partial charge >= 0.3 is 5.97 Å². The standard InChI is InChI=1S/C14H15NO4/c16-13(15-6-8-3-4-19-7-8)11-9-1-2-10(5-9)12(11)14(17)18/h1-4,7,9-12H,5-6H2,(H,15,16)(H,17,18)/t9-,10+,11-,12+/m1/s1. The molecule has 0 aromatic carbocycles. The van der Waals surface area contributed by atoms with Crippen LogP contribution in [0.3, 0.4) is 0 Å². The first-order valence-electron chi connectivity index (χ1n) is 6.36. The van der Waals surface area contributed by atoms with Crippen molar-refractivity contribution in [3.8, 4) is 0 Å². The average molecular weight is 261 g/mol. The molecule has 1 aromatic rings. The third kappa shape index (κ3) is 2.05. The lowest BCUT2D eigenvalue weighted by Gasteiger charge is -2.23. The van der Waals surface area contributed by atoms with Crippen molar-refractivity contribution in [2.75, 3.05) is 0 Å². The molecule has 19 heavy (non-hydrogen) atoms. The molecule has 1 fully saturated rings. The fourth-order valence-electron chi connectivity index (χ4n) is 3.22. The van der Waals surface area contributed by atoms with Crippen molar-refractivity contribution in [3.63, 3.8) is 0 Å². The van der Waals surface area contributed by atoms with Crippen LogP contribution < -0.4 is 5.32 Å². The third-order valence-electron chi connectivity index (χ3n) is 4.09. The van der Waals surface area contributed by atoms with Gasteiger partial charge in [-0.1, -0.05) is 12.2 Å². The molecule has 4 atom stereocenters. The molecular formula is C14H15NO4. The number of hydrogen-bond donors (Lipinski definition) is 2. The monoisotopic (exact) mass is 261 g/mol. The van der Waals surface area contributed by atoms with E-state index in [0.717, 1.165) is 12.0 Å². The normalized spacial score (nSPS) is 31.6. The fourth-order valence-corrected chi connectivity index (χ4v) is 3.22. The van der Waals surface area contributed by atoms with E-state index in [-0.39, 0.29) is 17.7 Å². The molecule has 2 aliphatic carbocycles. The number of carboxylic acids is 1. The number of furan rings is 1. The van der Waals surface area contributed by atoms with Crippen molar-refractivity contribution in [1.29, 1.82) is 0 Å². The number of rotatable bonds is 4. The number of carboxylic acid groups (broad SMARTS) is 1. The SMILES string of the molecule is O=C(O)[C@@H]1[C@H](C(=O)NCc2ccoc2)[C@@H]2C=C[C@H]1C2. The average Bonchev–Trinajstić information content (AvgIpc) is 3.10. The van der Waals surface area contributed by atoms with Crippen LogP contribution in [0, 0.1) is 23.7 Å². The van der Waals surface area contributed by atoms with Crippen molar-refractivity contribution in [2.45, 2.75) is 13.0 Å². The van der Waals surface area contributed by atoms with E-state index < -0.39 is 17.8 Å². The van der Waals surface area contributed by atoms with E-state index in [1.165, 1.54) is 0 Å². The lowest BCUT2D eigenvalue weighted by Crippen LogP contribution is -2.39. The molecule has 0 unspecified atom stereocenters. The van der Waals surface area contributed by atoms with Gasteiger partial charge < -0.3 is 14.8 Å². The molecule has 1 saturated carbocycles. The molecule has 3 rings (SSSR count). The zero-order valence-electron chi connectivity index (χ0n) is 10.3. The third-order valence-corrected chi connectivity index (χ3v) is 4.09. The molecule has 0 aliphatic heterocycles. The second-order valence-corrected chi connectivity index (χ2v) is 5.19. The molecular weight excluding hydrogens is 246 g/mol. The number of carbonyl (C=O) groups is 2. The highest BCUT2D eigenvalue weighted by Gasteiger charge is 2.51. The molecule has 0 saturated heterocycles. The summed E-state index contributed by atoms with van der Waals surface area (Å²) < 4.78 is 4.92. The Kier molecular flexibility index (Phi) is 2.89. The Morgan fingerprint density at radius 2 is 2.05 bits per heavy atom. The van der Waals surface area contributed by atoms with Gasteiger partial charge in [0.25, 0.3) is 0 Å². The number of allylic oxidation sites excluding steroid dienone is 2. The predicted molar refractivity (Wildman–Crippen MR) is 65.9 cm³/mol. The van der Waals surface area contributed by atoms with Crippen LogP contribution in [-0.4, -0.2) is 17.0 Å². The number of nitrogens with one attached hydrogen (secondary N) is 1. The summed E-state index contributed by atoms with van der Waals surface area (Å²) in [5.41, 5.74) is 0.874. The fraction of sp³-hybridized carbons (Fsp3) is 0.429. The molecule has 5 heteroatoms. The first-order chi connectivity index (χ1) is 9.16. The van der Waals surface area contributed by atoms with Crippen LogP contribution >= 0.6 is 0 Å². The van der Waals surface area contributed by atoms with Gasteiger partial charge in [-0.25, -0.2) is 0 Å². The number of fused-ring (bicyclic) bond motifs is 2.